The fraction of sp³-hybridized carbons (Fsp3) is 0.500. The fourth-order valence-corrected chi connectivity index (χ4v) is 1.87. The van der Waals surface area contributed by atoms with Gasteiger partial charge in [-0.3, -0.25) is 4.79 Å². The molecule has 0 saturated carbocycles. The zero-order chi connectivity index (χ0) is 8.55. The lowest BCUT2D eigenvalue weighted by molar-refractivity contribution is 0.0525. The average molecular weight is 182 g/mol. The molecule has 0 spiro atoms. The summed E-state index contributed by atoms with van der Waals surface area (Å²) in [6.07, 6.45) is 0. The van der Waals surface area contributed by atoms with Crippen molar-refractivity contribution in [1.29, 1.82) is 0 Å². The van der Waals surface area contributed by atoms with Crippen LogP contribution in [-0.4, -0.2) is 28.9 Å². The molecule has 2 heterocycles. The summed E-state index contributed by atoms with van der Waals surface area (Å²) in [5.41, 5.74) is 2.28. The van der Waals surface area contributed by atoms with Gasteiger partial charge in [-0.15, -0.1) is 11.3 Å². The molecule has 1 aliphatic heterocycles. The van der Waals surface area contributed by atoms with Gasteiger partial charge in [0.15, 0.2) is 0 Å². The second-order valence-electron chi connectivity index (χ2n) is 3.19. The average Bonchev–Trinajstić information content (AvgIpc) is 2.49. The Morgan fingerprint density at radius 3 is 3.00 bits per heavy atom. The number of rotatable bonds is 1. The first-order valence-corrected chi connectivity index (χ1v) is 4.89. The molecule has 64 valence electrons. The van der Waals surface area contributed by atoms with Gasteiger partial charge >= 0.3 is 0 Å². The monoisotopic (exact) mass is 182 g/mol. The Hall–Kier alpha value is -0.900. The van der Waals surface area contributed by atoms with Crippen molar-refractivity contribution in [3.63, 3.8) is 0 Å². The zero-order valence-electron chi connectivity index (χ0n) is 6.86. The fourth-order valence-electron chi connectivity index (χ4n) is 1.34. The number of likely N-dealkylation sites (tertiary alicyclic amines) is 1. The van der Waals surface area contributed by atoms with Gasteiger partial charge in [0.25, 0.3) is 5.91 Å². The number of carbonyl (C=O) groups is 1. The first-order chi connectivity index (χ1) is 5.77. The van der Waals surface area contributed by atoms with Crippen molar-refractivity contribution in [2.75, 3.05) is 13.1 Å². The Bertz CT molecular complexity index is 277. The zero-order valence-corrected chi connectivity index (χ0v) is 7.67. The van der Waals surface area contributed by atoms with E-state index in [2.05, 4.69) is 11.9 Å². The van der Waals surface area contributed by atoms with E-state index in [-0.39, 0.29) is 5.91 Å². The highest BCUT2D eigenvalue weighted by Crippen LogP contribution is 2.17. The second kappa shape index (κ2) is 2.86. The Labute approximate surface area is 75.0 Å². The molecular weight excluding hydrogens is 172 g/mol. The molecule has 4 heteroatoms. The van der Waals surface area contributed by atoms with E-state index >= 15 is 0 Å². The quantitative estimate of drug-likeness (QED) is 0.654. The molecule has 1 aliphatic rings. The SMILES string of the molecule is CC1CN(C(=O)c2cscn2)C1. The van der Waals surface area contributed by atoms with Gasteiger partial charge in [-0.25, -0.2) is 4.98 Å². The molecule has 12 heavy (non-hydrogen) atoms. The van der Waals surface area contributed by atoms with Crippen molar-refractivity contribution in [2.24, 2.45) is 5.92 Å². The van der Waals surface area contributed by atoms with Gasteiger partial charge in [0.05, 0.1) is 5.51 Å². The van der Waals surface area contributed by atoms with Crippen LogP contribution in [0.3, 0.4) is 0 Å². The first-order valence-electron chi connectivity index (χ1n) is 3.95. The normalized spacial score (nSPS) is 17.6. The number of nitrogens with zero attached hydrogens (tertiary/aromatic N) is 2. The summed E-state index contributed by atoms with van der Waals surface area (Å²) in [6, 6.07) is 0. The summed E-state index contributed by atoms with van der Waals surface area (Å²) in [7, 11) is 0. The van der Waals surface area contributed by atoms with E-state index in [0.29, 0.717) is 11.6 Å². The highest BCUT2D eigenvalue weighted by Gasteiger charge is 2.28. The van der Waals surface area contributed by atoms with E-state index in [1.807, 2.05) is 4.90 Å². The standard InChI is InChI=1S/C8H10N2OS/c1-6-2-10(3-6)8(11)7-4-12-5-9-7/h4-6H,2-3H2,1H3. The molecule has 1 aromatic rings. The number of aromatic nitrogens is 1. The third-order valence-corrected chi connectivity index (χ3v) is 2.59. The molecule has 1 aromatic heterocycles. The van der Waals surface area contributed by atoms with Gasteiger partial charge in [-0.05, 0) is 5.92 Å². The van der Waals surface area contributed by atoms with Crippen LogP contribution >= 0.6 is 11.3 Å². The van der Waals surface area contributed by atoms with Crippen molar-refractivity contribution < 1.29 is 4.79 Å². The maximum atomic E-state index is 11.5. The summed E-state index contributed by atoms with van der Waals surface area (Å²) < 4.78 is 0. The molecular formula is C8H10N2OS. The number of thiazole rings is 1. The van der Waals surface area contributed by atoms with Crippen LogP contribution in [0.15, 0.2) is 10.9 Å². The van der Waals surface area contributed by atoms with Crippen molar-refractivity contribution in [3.05, 3.63) is 16.6 Å². The topological polar surface area (TPSA) is 33.2 Å². The van der Waals surface area contributed by atoms with Gasteiger partial charge in [-0.2, -0.15) is 0 Å². The third kappa shape index (κ3) is 1.22. The van der Waals surface area contributed by atoms with Crippen LogP contribution in [-0.2, 0) is 0 Å². The van der Waals surface area contributed by atoms with Crippen LogP contribution in [0.5, 0.6) is 0 Å². The predicted molar refractivity (Wildman–Crippen MR) is 47.2 cm³/mol. The van der Waals surface area contributed by atoms with Crippen LogP contribution in [0.25, 0.3) is 0 Å². The van der Waals surface area contributed by atoms with Gasteiger partial charge in [0.1, 0.15) is 5.69 Å². The Morgan fingerprint density at radius 1 is 1.75 bits per heavy atom. The maximum Gasteiger partial charge on any atom is 0.273 e. The van der Waals surface area contributed by atoms with Gasteiger partial charge in [0, 0.05) is 18.5 Å². The second-order valence-corrected chi connectivity index (χ2v) is 3.91. The summed E-state index contributed by atoms with van der Waals surface area (Å²) in [5.74, 6) is 0.738. The number of hydrogen-bond donors (Lipinski definition) is 0. The third-order valence-electron chi connectivity index (χ3n) is 2.00. The molecule has 2 rings (SSSR count). The minimum Gasteiger partial charge on any atom is -0.337 e. The summed E-state index contributed by atoms with van der Waals surface area (Å²) in [5, 5.41) is 1.80. The first kappa shape index (κ1) is 7.73. The highest BCUT2D eigenvalue weighted by atomic mass is 32.1. The summed E-state index contributed by atoms with van der Waals surface area (Å²) in [6.45, 7) is 3.91. The van der Waals surface area contributed by atoms with Gasteiger partial charge in [-0.1, -0.05) is 6.92 Å². The molecule has 1 amide bonds. The van der Waals surface area contributed by atoms with E-state index in [1.165, 1.54) is 11.3 Å². The van der Waals surface area contributed by atoms with Crippen molar-refractivity contribution in [1.82, 2.24) is 9.88 Å². The summed E-state index contributed by atoms with van der Waals surface area (Å²) >= 11 is 1.46. The number of amides is 1. The van der Waals surface area contributed by atoms with Crippen molar-refractivity contribution in [2.45, 2.75) is 6.92 Å². The molecule has 3 nitrogen and oxygen atoms in total. The lowest BCUT2D eigenvalue weighted by atomic mass is 10.0. The van der Waals surface area contributed by atoms with Gasteiger partial charge < -0.3 is 4.90 Å². The Morgan fingerprint density at radius 2 is 2.50 bits per heavy atom. The molecule has 0 atom stereocenters. The minimum atomic E-state index is 0.0781. The molecule has 0 radical (unpaired) electrons. The van der Waals surface area contributed by atoms with E-state index in [1.54, 1.807) is 10.9 Å². The lowest BCUT2D eigenvalue weighted by Crippen LogP contribution is -2.48. The molecule has 1 saturated heterocycles. The molecule has 0 bridgehead atoms. The Kier molecular flexibility index (Phi) is 1.84. The highest BCUT2D eigenvalue weighted by molar-refractivity contribution is 7.07. The molecule has 0 unspecified atom stereocenters. The van der Waals surface area contributed by atoms with Crippen LogP contribution < -0.4 is 0 Å². The molecule has 0 N–H and O–H groups in total. The Balaban J connectivity index is 2.03. The maximum absolute atomic E-state index is 11.5. The minimum absolute atomic E-state index is 0.0781. The van der Waals surface area contributed by atoms with E-state index in [4.69, 9.17) is 0 Å². The van der Waals surface area contributed by atoms with E-state index in [0.717, 1.165) is 13.1 Å². The lowest BCUT2D eigenvalue weighted by Gasteiger charge is -2.36. The smallest absolute Gasteiger partial charge is 0.273 e. The van der Waals surface area contributed by atoms with Crippen LogP contribution in [0, 0.1) is 5.92 Å². The number of hydrogen-bond acceptors (Lipinski definition) is 3. The van der Waals surface area contributed by atoms with E-state index < -0.39 is 0 Å². The van der Waals surface area contributed by atoms with Crippen molar-refractivity contribution >= 4 is 17.2 Å². The van der Waals surface area contributed by atoms with Crippen LogP contribution in [0.1, 0.15) is 17.4 Å². The van der Waals surface area contributed by atoms with Crippen LogP contribution in [0.4, 0.5) is 0 Å². The molecule has 0 aromatic carbocycles. The molecule has 0 aliphatic carbocycles. The number of carbonyl (C=O) groups excluding carboxylic acids is 1. The van der Waals surface area contributed by atoms with Crippen molar-refractivity contribution in [3.8, 4) is 0 Å². The van der Waals surface area contributed by atoms with E-state index in [9.17, 15) is 4.79 Å². The van der Waals surface area contributed by atoms with Gasteiger partial charge in [0.2, 0.25) is 0 Å². The largest absolute Gasteiger partial charge is 0.337 e. The summed E-state index contributed by atoms with van der Waals surface area (Å²) in [4.78, 5) is 17.3. The van der Waals surface area contributed by atoms with Crippen LogP contribution in [0.2, 0.25) is 0 Å². The molecule has 1 fully saturated rings. The predicted octanol–water partition coefficient (Wildman–Crippen LogP) is 1.24.